The van der Waals surface area contributed by atoms with Gasteiger partial charge in [-0.05, 0) is 19.1 Å². The normalized spacial score (nSPS) is 14.2. The van der Waals surface area contributed by atoms with Crippen LogP contribution >= 0.6 is 11.8 Å². The number of carbonyl (C=O) groups excluding carboxylic acids is 2. The second kappa shape index (κ2) is 9.12. The standard InChI is InChI=1S/C20H22N6O3S/c1-2-29-20(28)25-12-10-24(11-13-25)18(27)14-30-17-9-8-16-21-22-19(26(16)23-17)15-6-4-3-5-7-15/h3-9H,2,10-14H2,1H3. The molecule has 3 heterocycles. The lowest BCUT2D eigenvalue weighted by Gasteiger charge is -2.34. The summed E-state index contributed by atoms with van der Waals surface area (Å²) >= 11 is 1.38. The number of carbonyl (C=O) groups is 2. The van der Waals surface area contributed by atoms with Gasteiger partial charge in [0.2, 0.25) is 5.91 Å². The van der Waals surface area contributed by atoms with Crippen molar-refractivity contribution in [2.75, 3.05) is 38.5 Å². The molecule has 10 heteroatoms. The van der Waals surface area contributed by atoms with Gasteiger partial charge in [0.25, 0.3) is 0 Å². The molecule has 0 aliphatic carbocycles. The zero-order valence-electron chi connectivity index (χ0n) is 16.6. The zero-order valence-corrected chi connectivity index (χ0v) is 17.4. The van der Waals surface area contributed by atoms with Crippen LogP contribution in [0.5, 0.6) is 0 Å². The van der Waals surface area contributed by atoms with E-state index in [0.29, 0.717) is 44.3 Å². The van der Waals surface area contributed by atoms with E-state index in [0.717, 1.165) is 10.6 Å². The lowest BCUT2D eigenvalue weighted by molar-refractivity contribution is -0.129. The topological polar surface area (TPSA) is 92.9 Å². The number of nitrogens with zero attached hydrogens (tertiary/aromatic N) is 6. The van der Waals surface area contributed by atoms with Gasteiger partial charge in [-0.2, -0.15) is 9.61 Å². The van der Waals surface area contributed by atoms with Crippen LogP contribution in [-0.2, 0) is 9.53 Å². The van der Waals surface area contributed by atoms with Gasteiger partial charge in [-0.3, -0.25) is 4.79 Å². The molecule has 0 unspecified atom stereocenters. The summed E-state index contributed by atoms with van der Waals surface area (Å²) in [6.45, 7) is 4.12. The Bertz CT molecular complexity index is 1030. The van der Waals surface area contributed by atoms with E-state index in [1.807, 2.05) is 42.5 Å². The molecule has 0 bridgehead atoms. The molecule has 2 amide bonds. The lowest BCUT2D eigenvalue weighted by atomic mass is 10.2. The van der Waals surface area contributed by atoms with Gasteiger partial charge in [0.1, 0.15) is 5.03 Å². The third kappa shape index (κ3) is 4.38. The molecule has 30 heavy (non-hydrogen) atoms. The van der Waals surface area contributed by atoms with Crippen LogP contribution in [0.15, 0.2) is 47.5 Å². The summed E-state index contributed by atoms with van der Waals surface area (Å²) in [7, 11) is 0. The molecule has 0 N–H and O–H groups in total. The molecule has 1 aliphatic rings. The van der Waals surface area contributed by atoms with E-state index >= 15 is 0 Å². The Kier molecular flexibility index (Phi) is 6.12. The molecule has 3 aromatic rings. The highest BCUT2D eigenvalue weighted by Crippen LogP contribution is 2.21. The average molecular weight is 427 g/mol. The Morgan fingerprint density at radius 3 is 2.47 bits per heavy atom. The molecule has 9 nitrogen and oxygen atoms in total. The van der Waals surface area contributed by atoms with Gasteiger partial charge >= 0.3 is 6.09 Å². The highest BCUT2D eigenvalue weighted by Gasteiger charge is 2.24. The Labute approximate surface area is 178 Å². The van der Waals surface area contributed by atoms with Crippen molar-refractivity contribution in [3.8, 4) is 11.4 Å². The summed E-state index contributed by atoms with van der Waals surface area (Å²) < 4.78 is 6.71. The molecule has 0 radical (unpaired) electrons. The number of fused-ring (bicyclic) bond motifs is 1. The maximum absolute atomic E-state index is 12.6. The molecule has 0 spiro atoms. The number of benzene rings is 1. The third-order valence-electron chi connectivity index (χ3n) is 4.77. The Morgan fingerprint density at radius 1 is 1.00 bits per heavy atom. The van der Waals surface area contributed by atoms with Crippen LogP contribution in [0.2, 0.25) is 0 Å². The number of hydrogen-bond acceptors (Lipinski definition) is 7. The maximum atomic E-state index is 12.6. The fourth-order valence-corrected chi connectivity index (χ4v) is 3.95. The van der Waals surface area contributed by atoms with Crippen LogP contribution in [-0.4, -0.2) is 80.2 Å². The van der Waals surface area contributed by atoms with Gasteiger partial charge in [0.05, 0.1) is 12.4 Å². The van der Waals surface area contributed by atoms with Crippen LogP contribution in [0, 0.1) is 0 Å². The first-order valence-corrected chi connectivity index (χ1v) is 10.7. The van der Waals surface area contributed by atoms with Gasteiger partial charge in [0, 0.05) is 31.7 Å². The van der Waals surface area contributed by atoms with Gasteiger partial charge in [-0.1, -0.05) is 42.1 Å². The molecule has 156 valence electrons. The van der Waals surface area contributed by atoms with Crippen molar-refractivity contribution in [3.05, 3.63) is 42.5 Å². The molecular formula is C20H22N6O3S. The van der Waals surface area contributed by atoms with Crippen LogP contribution in [0.25, 0.3) is 17.0 Å². The predicted octanol–water partition coefficient (Wildman–Crippen LogP) is 2.18. The molecule has 4 rings (SSSR count). The van der Waals surface area contributed by atoms with Crippen molar-refractivity contribution in [1.82, 2.24) is 29.6 Å². The Hall–Kier alpha value is -3.14. The summed E-state index contributed by atoms with van der Waals surface area (Å²) in [5, 5.41) is 13.7. The Balaban J connectivity index is 1.37. The van der Waals surface area contributed by atoms with Crippen molar-refractivity contribution in [1.29, 1.82) is 0 Å². The van der Waals surface area contributed by atoms with Crippen LogP contribution in [0.1, 0.15) is 6.92 Å². The number of piperazine rings is 1. The van der Waals surface area contributed by atoms with Crippen molar-refractivity contribution in [3.63, 3.8) is 0 Å². The van der Waals surface area contributed by atoms with Crippen LogP contribution < -0.4 is 0 Å². The molecular weight excluding hydrogens is 404 g/mol. The zero-order chi connectivity index (χ0) is 20.9. The third-order valence-corrected chi connectivity index (χ3v) is 5.68. The monoisotopic (exact) mass is 426 g/mol. The number of aromatic nitrogens is 4. The SMILES string of the molecule is CCOC(=O)N1CCN(C(=O)CSc2ccc3nnc(-c4ccccc4)n3n2)CC1. The summed E-state index contributed by atoms with van der Waals surface area (Å²) in [5.41, 5.74) is 1.58. The molecule has 0 saturated carbocycles. The number of thioether (sulfide) groups is 1. The molecule has 2 aromatic heterocycles. The van der Waals surface area contributed by atoms with E-state index in [1.165, 1.54) is 11.8 Å². The summed E-state index contributed by atoms with van der Waals surface area (Å²) in [6.07, 6.45) is -0.320. The fourth-order valence-electron chi connectivity index (χ4n) is 3.20. The van der Waals surface area contributed by atoms with Crippen molar-refractivity contribution < 1.29 is 14.3 Å². The molecule has 1 aliphatic heterocycles. The highest BCUT2D eigenvalue weighted by molar-refractivity contribution is 7.99. The minimum Gasteiger partial charge on any atom is -0.450 e. The second-order valence-corrected chi connectivity index (χ2v) is 7.68. The smallest absolute Gasteiger partial charge is 0.409 e. The summed E-state index contributed by atoms with van der Waals surface area (Å²) in [4.78, 5) is 27.8. The van der Waals surface area contributed by atoms with E-state index in [-0.39, 0.29) is 17.8 Å². The van der Waals surface area contributed by atoms with E-state index in [4.69, 9.17) is 4.74 Å². The number of ether oxygens (including phenoxy) is 1. The van der Waals surface area contributed by atoms with Crippen molar-refractivity contribution >= 4 is 29.4 Å². The first kappa shape index (κ1) is 20.1. The van der Waals surface area contributed by atoms with Crippen molar-refractivity contribution in [2.24, 2.45) is 0 Å². The Morgan fingerprint density at radius 2 is 1.73 bits per heavy atom. The summed E-state index contributed by atoms with van der Waals surface area (Å²) in [6, 6.07) is 13.4. The lowest BCUT2D eigenvalue weighted by Crippen LogP contribution is -2.51. The van der Waals surface area contributed by atoms with Crippen molar-refractivity contribution in [2.45, 2.75) is 11.9 Å². The minimum absolute atomic E-state index is 0.0254. The first-order valence-electron chi connectivity index (χ1n) is 9.76. The number of hydrogen-bond donors (Lipinski definition) is 0. The van der Waals surface area contributed by atoms with E-state index in [1.54, 1.807) is 21.2 Å². The largest absolute Gasteiger partial charge is 0.450 e. The van der Waals surface area contributed by atoms with E-state index < -0.39 is 0 Å². The van der Waals surface area contributed by atoms with Gasteiger partial charge < -0.3 is 14.5 Å². The average Bonchev–Trinajstić information content (AvgIpc) is 3.21. The second-order valence-electron chi connectivity index (χ2n) is 6.69. The summed E-state index contributed by atoms with van der Waals surface area (Å²) in [5.74, 6) is 0.965. The van der Waals surface area contributed by atoms with E-state index in [2.05, 4.69) is 15.3 Å². The fraction of sp³-hybridized carbons (Fsp3) is 0.350. The maximum Gasteiger partial charge on any atom is 0.409 e. The predicted molar refractivity (Wildman–Crippen MR) is 112 cm³/mol. The highest BCUT2D eigenvalue weighted by atomic mass is 32.2. The molecule has 0 atom stereocenters. The van der Waals surface area contributed by atoms with Gasteiger partial charge in [-0.25, -0.2) is 4.79 Å². The quantitative estimate of drug-likeness (QED) is 0.577. The molecule has 1 aromatic carbocycles. The van der Waals surface area contributed by atoms with Crippen LogP contribution in [0.4, 0.5) is 4.79 Å². The molecule has 1 fully saturated rings. The minimum atomic E-state index is -0.320. The number of amides is 2. The van der Waals surface area contributed by atoms with E-state index in [9.17, 15) is 9.59 Å². The van der Waals surface area contributed by atoms with Gasteiger partial charge in [0.15, 0.2) is 11.5 Å². The first-order chi connectivity index (χ1) is 14.7. The molecule has 1 saturated heterocycles. The van der Waals surface area contributed by atoms with Crippen LogP contribution in [0.3, 0.4) is 0 Å². The van der Waals surface area contributed by atoms with Gasteiger partial charge in [-0.15, -0.1) is 10.2 Å². The number of rotatable bonds is 5.